The molecule has 1 atom stereocenters. The first-order chi connectivity index (χ1) is 7.63. The van der Waals surface area contributed by atoms with Crippen molar-refractivity contribution in [3.05, 3.63) is 39.9 Å². The molecule has 0 radical (unpaired) electrons. The molecule has 0 aliphatic carbocycles. The van der Waals surface area contributed by atoms with Crippen molar-refractivity contribution in [3.8, 4) is 0 Å². The predicted molar refractivity (Wildman–Crippen MR) is 61.3 cm³/mol. The Labute approximate surface area is 94.4 Å². The normalized spacial score (nSPS) is 12.1. The van der Waals surface area contributed by atoms with Gasteiger partial charge in [-0.05, 0) is 24.3 Å². The molecule has 0 aliphatic rings. The van der Waals surface area contributed by atoms with Crippen molar-refractivity contribution < 1.29 is 9.72 Å². The fourth-order valence-corrected chi connectivity index (χ4v) is 1.48. The SMILES string of the molecule is C[C@H](CC=O)CCc1ccc([N+](=O)[O-])cc1. The molecular formula is C12H15NO3. The molecule has 0 aromatic heterocycles. The van der Waals surface area contributed by atoms with Crippen molar-refractivity contribution in [2.24, 2.45) is 5.92 Å². The average molecular weight is 221 g/mol. The van der Waals surface area contributed by atoms with Crippen molar-refractivity contribution in [1.82, 2.24) is 0 Å². The first-order valence-corrected chi connectivity index (χ1v) is 5.30. The molecule has 0 saturated heterocycles. The van der Waals surface area contributed by atoms with E-state index in [0.29, 0.717) is 12.3 Å². The van der Waals surface area contributed by atoms with Crippen LogP contribution in [0, 0.1) is 16.0 Å². The summed E-state index contributed by atoms with van der Waals surface area (Å²) in [5, 5.41) is 10.4. The van der Waals surface area contributed by atoms with Gasteiger partial charge in [-0.1, -0.05) is 19.1 Å². The number of nitro groups is 1. The molecule has 0 N–H and O–H groups in total. The van der Waals surface area contributed by atoms with E-state index in [1.165, 1.54) is 12.1 Å². The van der Waals surface area contributed by atoms with E-state index in [0.717, 1.165) is 24.7 Å². The van der Waals surface area contributed by atoms with E-state index < -0.39 is 4.92 Å². The summed E-state index contributed by atoms with van der Waals surface area (Å²) >= 11 is 0. The van der Waals surface area contributed by atoms with E-state index in [1.807, 2.05) is 6.92 Å². The van der Waals surface area contributed by atoms with Crippen molar-refractivity contribution in [3.63, 3.8) is 0 Å². The smallest absolute Gasteiger partial charge is 0.269 e. The quantitative estimate of drug-likeness (QED) is 0.421. The Balaban J connectivity index is 2.49. The monoisotopic (exact) mass is 221 g/mol. The largest absolute Gasteiger partial charge is 0.303 e. The van der Waals surface area contributed by atoms with Crippen LogP contribution in [0.2, 0.25) is 0 Å². The van der Waals surface area contributed by atoms with E-state index >= 15 is 0 Å². The molecule has 0 unspecified atom stereocenters. The van der Waals surface area contributed by atoms with E-state index in [4.69, 9.17) is 0 Å². The zero-order valence-electron chi connectivity index (χ0n) is 9.26. The van der Waals surface area contributed by atoms with E-state index in [2.05, 4.69) is 0 Å². The minimum Gasteiger partial charge on any atom is -0.303 e. The van der Waals surface area contributed by atoms with Crippen LogP contribution >= 0.6 is 0 Å². The van der Waals surface area contributed by atoms with Crippen molar-refractivity contribution >= 4 is 12.0 Å². The lowest BCUT2D eigenvalue weighted by atomic mass is 9.99. The maximum Gasteiger partial charge on any atom is 0.269 e. The topological polar surface area (TPSA) is 60.2 Å². The van der Waals surface area contributed by atoms with Crippen molar-refractivity contribution in [2.75, 3.05) is 0 Å². The maximum atomic E-state index is 10.4. The zero-order chi connectivity index (χ0) is 12.0. The molecule has 4 heteroatoms. The van der Waals surface area contributed by atoms with Gasteiger partial charge in [0.25, 0.3) is 5.69 Å². The van der Waals surface area contributed by atoms with Gasteiger partial charge in [-0.15, -0.1) is 0 Å². The summed E-state index contributed by atoms with van der Waals surface area (Å²) in [7, 11) is 0. The van der Waals surface area contributed by atoms with Crippen LogP contribution in [0.5, 0.6) is 0 Å². The summed E-state index contributed by atoms with van der Waals surface area (Å²) in [6.07, 6.45) is 3.29. The summed E-state index contributed by atoms with van der Waals surface area (Å²) in [5.41, 5.74) is 1.19. The average Bonchev–Trinajstić information content (AvgIpc) is 2.27. The van der Waals surface area contributed by atoms with Crippen LogP contribution in [-0.4, -0.2) is 11.2 Å². The Kier molecular flexibility index (Phi) is 4.64. The zero-order valence-corrected chi connectivity index (χ0v) is 9.26. The van der Waals surface area contributed by atoms with E-state index in [-0.39, 0.29) is 5.69 Å². The summed E-state index contributed by atoms with van der Waals surface area (Å²) in [4.78, 5) is 20.3. The molecule has 16 heavy (non-hydrogen) atoms. The van der Waals surface area contributed by atoms with Crippen molar-refractivity contribution in [1.29, 1.82) is 0 Å². The molecule has 0 amide bonds. The first-order valence-electron chi connectivity index (χ1n) is 5.30. The summed E-state index contributed by atoms with van der Waals surface area (Å²) in [6, 6.07) is 6.57. The molecule has 0 spiro atoms. The number of hydrogen-bond donors (Lipinski definition) is 0. The Morgan fingerprint density at radius 2 is 2.00 bits per heavy atom. The van der Waals surface area contributed by atoms with Gasteiger partial charge in [0.05, 0.1) is 4.92 Å². The Morgan fingerprint density at radius 3 is 2.50 bits per heavy atom. The molecule has 1 rings (SSSR count). The van der Waals surface area contributed by atoms with Gasteiger partial charge in [0.1, 0.15) is 6.29 Å². The van der Waals surface area contributed by atoms with Crippen LogP contribution in [0.3, 0.4) is 0 Å². The molecule has 4 nitrogen and oxygen atoms in total. The highest BCUT2D eigenvalue weighted by Gasteiger charge is 2.05. The van der Waals surface area contributed by atoms with Crippen LogP contribution in [0.1, 0.15) is 25.3 Å². The lowest BCUT2D eigenvalue weighted by Gasteiger charge is -2.06. The Bertz CT molecular complexity index is 359. The molecule has 1 aromatic carbocycles. The number of carbonyl (C=O) groups is 1. The second-order valence-electron chi connectivity index (χ2n) is 3.97. The van der Waals surface area contributed by atoms with Gasteiger partial charge < -0.3 is 4.79 Å². The highest BCUT2D eigenvalue weighted by atomic mass is 16.6. The molecule has 0 heterocycles. The summed E-state index contributed by atoms with van der Waals surface area (Å²) in [5.74, 6) is 0.368. The van der Waals surface area contributed by atoms with Gasteiger partial charge in [-0.25, -0.2) is 0 Å². The summed E-state index contributed by atoms with van der Waals surface area (Å²) < 4.78 is 0. The van der Waals surface area contributed by atoms with Gasteiger partial charge in [0.2, 0.25) is 0 Å². The molecule has 0 bridgehead atoms. The minimum atomic E-state index is -0.404. The lowest BCUT2D eigenvalue weighted by molar-refractivity contribution is -0.384. The minimum absolute atomic E-state index is 0.115. The Morgan fingerprint density at radius 1 is 1.38 bits per heavy atom. The van der Waals surface area contributed by atoms with Crippen LogP contribution in [0.15, 0.2) is 24.3 Å². The van der Waals surface area contributed by atoms with E-state index in [1.54, 1.807) is 12.1 Å². The second kappa shape index (κ2) is 6.00. The summed E-state index contributed by atoms with van der Waals surface area (Å²) in [6.45, 7) is 2.03. The second-order valence-corrected chi connectivity index (χ2v) is 3.97. The number of carbonyl (C=O) groups excluding carboxylic acids is 1. The number of benzene rings is 1. The number of hydrogen-bond acceptors (Lipinski definition) is 3. The molecular weight excluding hydrogens is 206 g/mol. The first kappa shape index (κ1) is 12.4. The van der Waals surface area contributed by atoms with Crippen LogP contribution in [0.4, 0.5) is 5.69 Å². The van der Waals surface area contributed by atoms with Crippen LogP contribution < -0.4 is 0 Å². The molecule has 0 fully saturated rings. The Hall–Kier alpha value is -1.71. The highest BCUT2D eigenvalue weighted by molar-refractivity contribution is 5.49. The lowest BCUT2D eigenvalue weighted by Crippen LogP contribution is -1.98. The fourth-order valence-electron chi connectivity index (χ4n) is 1.48. The predicted octanol–water partition coefficient (Wildman–Crippen LogP) is 2.75. The number of aldehydes is 1. The van der Waals surface area contributed by atoms with Gasteiger partial charge in [0.15, 0.2) is 0 Å². The van der Waals surface area contributed by atoms with Gasteiger partial charge in [0, 0.05) is 18.6 Å². The number of rotatable bonds is 6. The maximum absolute atomic E-state index is 10.4. The third kappa shape index (κ3) is 3.81. The highest BCUT2D eigenvalue weighted by Crippen LogP contribution is 2.15. The van der Waals surface area contributed by atoms with Gasteiger partial charge in [-0.2, -0.15) is 0 Å². The standard InChI is InChI=1S/C12H15NO3/c1-10(8-9-14)2-3-11-4-6-12(7-5-11)13(15)16/h4-7,9-10H,2-3,8H2,1H3/t10-/m0/s1. The number of non-ortho nitro benzene ring substituents is 1. The van der Waals surface area contributed by atoms with Crippen LogP contribution in [0.25, 0.3) is 0 Å². The molecule has 1 aromatic rings. The van der Waals surface area contributed by atoms with Gasteiger partial charge in [-0.3, -0.25) is 10.1 Å². The van der Waals surface area contributed by atoms with E-state index in [9.17, 15) is 14.9 Å². The molecule has 0 saturated carbocycles. The third-order valence-corrected chi connectivity index (χ3v) is 2.57. The fraction of sp³-hybridized carbons (Fsp3) is 0.417. The number of aryl methyl sites for hydroxylation is 1. The van der Waals surface area contributed by atoms with Crippen molar-refractivity contribution in [2.45, 2.75) is 26.2 Å². The molecule has 0 aliphatic heterocycles. The number of nitro benzene ring substituents is 1. The third-order valence-electron chi connectivity index (χ3n) is 2.57. The number of nitrogens with zero attached hydrogens (tertiary/aromatic N) is 1. The van der Waals surface area contributed by atoms with Gasteiger partial charge >= 0.3 is 0 Å². The van der Waals surface area contributed by atoms with Crippen LogP contribution in [-0.2, 0) is 11.2 Å². The molecule has 86 valence electrons.